The van der Waals surface area contributed by atoms with Gasteiger partial charge in [-0.25, -0.2) is 8.42 Å². The van der Waals surface area contributed by atoms with E-state index in [-0.39, 0.29) is 24.9 Å². The second-order valence-electron chi connectivity index (χ2n) is 8.57. The summed E-state index contributed by atoms with van der Waals surface area (Å²) >= 11 is 0. The van der Waals surface area contributed by atoms with Crippen LogP contribution in [0.2, 0.25) is 0 Å². The van der Waals surface area contributed by atoms with E-state index in [9.17, 15) is 13.2 Å². The van der Waals surface area contributed by atoms with Crippen LogP contribution < -0.4 is 19.3 Å². The van der Waals surface area contributed by atoms with Crippen molar-refractivity contribution in [1.82, 2.24) is 5.32 Å². The number of benzene rings is 2. The molecule has 1 aliphatic heterocycles. The SMILES string of the molecule is COc1ccc(N(CCCC(=O)NC(C)c2ccc(N3CCCCC3)cc2)S(C)(=O)=O)cc1. The summed E-state index contributed by atoms with van der Waals surface area (Å²) in [5.41, 5.74) is 2.84. The highest BCUT2D eigenvalue weighted by atomic mass is 32.2. The van der Waals surface area contributed by atoms with E-state index < -0.39 is 10.0 Å². The van der Waals surface area contributed by atoms with E-state index in [4.69, 9.17) is 4.74 Å². The highest BCUT2D eigenvalue weighted by Gasteiger charge is 2.18. The average molecular weight is 474 g/mol. The Morgan fingerprint density at radius 3 is 2.27 bits per heavy atom. The number of sulfonamides is 1. The van der Waals surface area contributed by atoms with Crippen LogP contribution in [0.3, 0.4) is 0 Å². The van der Waals surface area contributed by atoms with E-state index in [1.807, 2.05) is 6.92 Å². The Kier molecular flexibility index (Phi) is 8.61. The van der Waals surface area contributed by atoms with Crippen LogP contribution in [0.25, 0.3) is 0 Å². The molecule has 0 aliphatic carbocycles. The van der Waals surface area contributed by atoms with Crippen molar-refractivity contribution in [2.45, 2.75) is 45.1 Å². The summed E-state index contributed by atoms with van der Waals surface area (Å²) in [6, 6.07) is 15.1. The summed E-state index contributed by atoms with van der Waals surface area (Å²) in [5, 5.41) is 3.03. The topological polar surface area (TPSA) is 79.0 Å². The van der Waals surface area contributed by atoms with E-state index in [2.05, 4.69) is 34.5 Å². The van der Waals surface area contributed by atoms with Crippen molar-refractivity contribution in [3.05, 3.63) is 54.1 Å². The number of nitrogens with zero attached hydrogens (tertiary/aromatic N) is 2. The molecule has 8 heteroatoms. The summed E-state index contributed by atoms with van der Waals surface area (Å²) in [6.07, 6.45) is 5.63. The van der Waals surface area contributed by atoms with Crippen LogP contribution in [-0.2, 0) is 14.8 Å². The molecule has 1 aliphatic rings. The van der Waals surface area contributed by atoms with Crippen molar-refractivity contribution in [1.29, 1.82) is 0 Å². The van der Waals surface area contributed by atoms with Gasteiger partial charge in [0.15, 0.2) is 0 Å². The fraction of sp³-hybridized carbons (Fsp3) is 0.480. The molecule has 1 saturated heterocycles. The molecule has 0 radical (unpaired) electrons. The third-order valence-electron chi connectivity index (χ3n) is 6.02. The average Bonchev–Trinajstić information content (AvgIpc) is 2.82. The number of methoxy groups -OCH3 is 1. The molecule has 2 aromatic carbocycles. The van der Waals surface area contributed by atoms with Crippen molar-refractivity contribution in [2.75, 3.05) is 42.2 Å². The molecule has 1 fully saturated rings. The Labute approximate surface area is 197 Å². The lowest BCUT2D eigenvalue weighted by molar-refractivity contribution is -0.121. The van der Waals surface area contributed by atoms with Crippen molar-refractivity contribution < 1.29 is 17.9 Å². The minimum absolute atomic E-state index is 0.0919. The largest absolute Gasteiger partial charge is 0.497 e. The van der Waals surface area contributed by atoms with Crippen LogP contribution in [0.5, 0.6) is 5.75 Å². The Morgan fingerprint density at radius 2 is 1.70 bits per heavy atom. The third kappa shape index (κ3) is 7.12. The van der Waals surface area contributed by atoms with E-state index in [0.29, 0.717) is 17.9 Å². The number of carbonyl (C=O) groups is 1. The fourth-order valence-corrected chi connectivity index (χ4v) is 5.11. The molecule has 1 N–H and O–H groups in total. The number of amides is 1. The molecule has 33 heavy (non-hydrogen) atoms. The number of rotatable bonds is 10. The number of nitrogens with one attached hydrogen (secondary N) is 1. The molecule has 1 heterocycles. The second kappa shape index (κ2) is 11.4. The molecule has 0 saturated carbocycles. The summed E-state index contributed by atoms with van der Waals surface area (Å²) < 4.78 is 31.0. The van der Waals surface area contributed by atoms with E-state index in [1.165, 1.54) is 35.5 Å². The van der Waals surface area contributed by atoms with Crippen molar-refractivity contribution in [2.24, 2.45) is 0 Å². The zero-order valence-electron chi connectivity index (χ0n) is 19.8. The van der Waals surface area contributed by atoms with Gasteiger partial charge in [0.05, 0.1) is 25.1 Å². The van der Waals surface area contributed by atoms with Crippen LogP contribution in [-0.4, -0.2) is 47.3 Å². The second-order valence-corrected chi connectivity index (χ2v) is 10.5. The van der Waals surface area contributed by atoms with Crippen molar-refractivity contribution in [3.63, 3.8) is 0 Å². The summed E-state index contributed by atoms with van der Waals surface area (Å²) in [5.74, 6) is 0.565. The monoisotopic (exact) mass is 473 g/mol. The maximum Gasteiger partial charge on any atom is 0.232 e. The summed E-state index contributed by atoms with van der Waals surface area (Å²) in [6.45, 7) is 4.41. The van der Waals surface area contributed by atoms with Gasteiger partial charge >= 0.3 is 0 Å². The van der Waals surface area contributed by atoms with Gasteiger partial charge in [0.25, 0.3) is 0 Å². The zero-order valence-corrected chi connectivity index (χ0v) is 20.6. The zero-order chi connectivity index (χ0) is 23.8. The number of piperidine rings is 1. The van der Waals surface area contributed by atoms with Crippen LogP contribution in [0, 0.1) is 0 Å². The van der Waals surface area contributed by atoms with Gasteiger partial charge in [0, 0.05) is 31.7 Å². The first-order valence-electron chi connectivity index (χ1n) is 11.5. The minimum atomic E-state index is -3.46. The predicted molar refractivity (Wildman–Crippen MR) is 133 cm³/mol. The van der Waals surface area contributed by atoms with E-state index >= 15 is 0 Å². The minimum Gasteiger partial charge on any atom is -0.497 e. The lowest BCUT2D eigenvalue weighted by atomic mass is 10.1. The molecule has 3 rings (SSSR count). The van der Waals surface area contributed by atoms with Gasteiger partial charge in [-0.2, -0.15) is 0 Å². The normalized spacial score (nSPS) is 15.1. The van der Waals surface area contributed by atoms with Gasteiger partial charge in [0.1, 0.15) is 5.75 Å². The molecule has 2 aromatic rings. The van der Waals surface area contributed by atoms with Crippen LogP contribution in [0.4, 0.5) is 11.4 Å². The number of anilines is 2. The number of hydrogen-bond donors (Lipinski definition) is 1. The Hall–Kier alpha value is -2.74. The van der Waals surface area contributed by atoms with Crippen molar-refractivity contribution >= 4 is 27.3 Å². The molecule has 7 nitrogen and oxygen atoms in total. The molecule has 1 unspecified atom stereocenters. The Bertz CT molecular complexity index is 1000. The van der Waals surface area contributed by atoms with E-state index in [1.54, 1.807) is 31.4 Å². The Balaban J connectivity index is 1.51. The maximum atomic E-state index is 12.5. The third-order valence-corrected chi connectivity index (χ3v) is 7.21. The fourth-order valence-electron chi connectivity index (χ4n) is 4.14. The van der Waals surface area contributed by atoms with Crippen molar-refractivity contribution in [3.8, 4) is 5.75 Å². The van der Waals surface area contributed by atoms with E-state index in [0.717, 1.165) is 18.7 Å². The number of carbonyl (C=O) groups excluding carboxylic acids is 1. The number of hydrogen-bond acceptors (Lipinski definition) is 5. The van der Waals surface area contributed by atoms with Gasteiger partial charge in [0.2, 0.25) is 15.9 Å². The lowest BCUT2D eigenvalue weighted by Gasteiger charge is -2.29. The quantitative estimate of drug-likeness (QED) is 0.562. The van der Waals surface area contributed by atoms with Crippen LogP contribution in [0.1, 0.15) is 50.6 Å². The highest BCUT2D eigenvalue weighted by molar-refractivity contribution is 7.92. The predicted octanol–water partition coefficient (Wildman–Crippen LogP) is 4.11. The molecule has 0 bridgehead atoms. The molecule has 1 amide bonds. The molecular weight excluding hydrogens is 438 g/mol. The maximum absolute atomic E-state index is 12.5. The van der Waals surface area contributed by atoms with Crippen LogP contribution >= 0.6 is 0 Å². The first-order valence-corrected chi connectivity index (χ1v) is 13.4. The molecule has 0 aromatic heterocycles. The van der Waals surface area contributed by atoms with Crippen LogP contribution in [0.15, 0.2) is 48.5 Å². The summed E-state index contributed by atoms with van der Waals surface area (Å²) in [7, 11) is -1.90. The summed E-state index contributed by atoms with van der Waals surface area (Å²) in [4.78, 5) is 14.9. The first kappa shape index (κ1) is 24.9. The highest BCUT2D eigenvalue weighted by Crippen LogP contribution is 2.24. The van der Waals surface area contributed by atoms with Gasteiger partial charge in [-0.05, 0) is 74.6 Å². The Morgan fingerprint density at radius 1 is 1.06 bits per heavy atom. The smallest absolute Gasteiger partial charge is 0.232 e. The van der Waals surface area contributed by atoms with Gasteiger partial charge in [-0.3, -0.25) is 9.10 Å². The van der Waals surface area contributed by atoms with Gasteiger partial charge in [-0.1, -0.05) is 12.1 Å². The molecule has 1 atom stereocenters. The molecule has 0 spiro atoms. The van der Waals surface area contributed by atoms with Gasteiger partial charge < -0.3 is 15.0 Å². The number of ether oxygens (including phenoxy) is 1. The first-order chi connectivity index (χ1) is 15.8. The molecular formula is C25H35N3O4S. The lowest BCUT2D eigenvalue weighted by Crippen LogP contribution is -2.32. The molecule has 180 valence electrons. The van der Waals surface area contributed by atoms with Gasteiger partial charge in [-0.15, -0.1) is 0 Å². The standard InChI is InChI=1S/C25H35N3O4S/c1-20(21-9-11-22(12-10-21)27-17-5-4-6-18-27)26-25(29)8-7-19-28(33(3,30)31)23-13-15-24(32-2)16-14-23/h9-16,20H,4-8,17-19H2,1-3H3,(H,26,29).